The van der Waals surface area contributed by atoms with E-state index in [-0.39, 0.29) is 17.4 Å². The van der Waals surface area contributed by atoms with Crippen LogP contribution in [0.4, 0.5) is 0 Å². The van der Waals surface area contributed by atoms with Crippen molar-refractivity contribution in [2.24, 2.45) is 4.99 Å². The highest BCUT2D eigenvalue weighted by Gasteiger charge is 2.34. The number of halogens is 1. The fraction of sp³-hybridized carbons (Fsp3) is 0.263. The van der Waals surface area contributed by atoms with E-state index in [0.29, 0.717) is 17.4 Å². The van der Waals surface area contributed by atoms with E-state index < -0.39 is 17.8 Å². The Balaban J connectivity index is 1.50. The number of hydrogen-bond donors (Lipinski definition) is 0. The van der Waals surface area contributed by atoms with Gasteiger partial charge in [0.25, 0.3) is 0 Å². The van der Waals surface area contributed by atoms with Crippen LogP contribution in [0.1, 0.15) is 19.4 Å². The summed E-state index contributed by atoms with van der Waals surface area (Å²) in [6.45, 7) is 3.68. The number of esters is 1. The van der Waals surface area contributed by atoms with Crippen LogP contribution in [0.3, 0.4) is 0 Å². The second kappa shape index (κ2) is 6.21. The quantitative estimate of drug-likeness (QED) is 0.607. The number of carbonyl (C=O) groups excluding carboxylic acids is 1. The summed E-state index contributed by atoms with van der Waals surface area (Å²) >= 11 is 6.20. The monoisotopic (exact) mass is 373 g/mol. The molecule has 2 aliphatic heterocycles. The van der Waals surface area contributed by atoms with Gasteiger partial charge in [0.05, 0.1) is 5.02 Å². The number of rotatable bonds is 3. The molecule has 0 N–H and O–H groups in total. The van der Waals surface area contributed by atoms with Gasteiger partial charge in [-0.3, -0.25) is 0 Å². The summed E-state index contributed by atoms with van der Waals surface area (Å²) in [7, 11) is 0. The van der Waals surface area contributed by atoms with Crippen molar-refractivity contribution >= 4 is 23.5 Å². The SMILES string of the molecule is CC1(C)Oc2cc(Cl)c(OC(=O)C3COC(c4ccccc4)=N3)cc2O1. The van der Waals surface area contributed by atoms with E-state index in [4.69, 9.17) is 30.5 Å². The maximum atomic E-state index is 12.4. The standard InChI is InChI=1S/C19H16ClNO5/c1-19(2)25-15-8-12(20)14(9-16(15)26-19)24-18(22)13-10-23-17(21-13)11-6-4-3-5-7-11/h3-9,13H,10H2,1-2H3. The van der Waals surface area contributed by atoms with Gasteiger partial charge in [0.2, 0.25) is 11.7 Å². The zero-order chi connectivity index (χ0) is 18.3. The number of hydrogen-bond acceptors (Lipinski definition) is 6. The molecule has 6 nitrogen and oxygen atoms in total. The summed E-state index contributed by atoms with van der Waals surface area (Å²) in [6.07, 6.45) is 0. The normalized spacial score (nSPS) is 19.7. The minimum Gasteiger partial charge on any atom is -0.475 e. The molecule has 134 valence electrons. The number of nitrogens with zero attached hydrogens (tertiary/aromatic N) is 1. The molecule has 0 fully saturated rings. The van der Waals surface area contributed by atoms with Gasteiger partial charge in [-0.15, -0.1) is 0 Å². The van der Waals surface area contributed by atoms with E-state index in [1.54, 1.807) is 26.0 Å². The predicted octanol–water partition coefficient (Wildman–Crippen LogP) is 3.60. The van der Waals surface area contributed by atoms with Gasteiger partial charge in [-0.25, -0.2) is 9.79 Å². The lowest BCUT2D eigenvalue weighted by molar-refractivity contribution is -0.136. The van der Waals surface area contributed by atoms with E-state index in [1.165, 1.54) is 0 Å². The molecular formula is C19H16ClNO5. The summed E-state index contributed by atoms with van der Waals surface area (Å²) in [5.41, 5.74) is 0.811. The first-order valence-electron chi connectivity index (χ1n) is 8.10. The van der Waals surface area contributed by atoms with Gasteiger partial charge in [-0.2, -0.15) is 0 Å². The predicted molar refractivity (Wildman–Crippen MR) is 95.1 cm³/mol. The molecular weight excluding hydrogens is 358 g/mol. The number of fused-ring (bicyclic) bond motifs is 1. The molecule has 2 aromatic carbocycles. The molecule has 0 spiro atoms. The first-order valence-corrected chi connectivity index (χ1v) is 8.48. The van der Waals surface area contributed by atoms with E-state index in [0.717, 1.165) is 5.56 Å². The molecule has 0 radical (unpaired) electrons. The van der Waals surface area contributed by atoms with Crippen LogP contribution < -0.4 is 14.2 Å². The number of benzene rings is 2. The van der Waals surface area contributed by atoms with E-state index >= 15 is 0 Å². The highest BCUT2D eigenvalue weighted by Crippen LogP contribution is 2.44. The Morgan fingerprint density at radius 1 is 1.19 bits per heavy atom. The van der Waals surface area contributed by atoms with Crippen LogP contribution in [-0.2, 0) is 9.53 Å². The zero-order valence-corrected chi connectivity index (χ0v) is 14.9. The minimum atomic E-state index is -0.789. The molecule has 1 atom stereocenters. The largest absolute Gasteiger partial charge is 0.475 e. The Labute approximate surface area is 155 Å². The number of ether oxygens (including phenoxy) is 4. The highest BCUT2D eigenvalue weighted by atomic mass is 35.5. The molecule has 4 rings (SSSR count). The molecule has 0 bridgehead atoms. The molecule has 0 aliphatic carbocycles. The van der Waals surface area contributed by atoms with Crippen molar-refractivity contribution in [1.29, 1.82) is 0 Å². The summed E-state index contributed by atoms with van der Waals surface area (Å²) in [5, 5.41) is 0.254. The van der Waals surface area contributed by atoms with Gasteiger partial charge in [0.1, 0.15) is 6.61 Å². The topological polar surface area (TPSA) is 66.4 Å². The Bertz CT molecular complexity index is 894. The Morgan fingerprint density at radius 3 is 2.62 bits per heavy atom. The molecule has 2 heterocycles. The summed E-state index contributed by atoms with van der Waals surface area (Å²) in [6, 6.07) is 11.7. The first kappa shape index (κ1) is 16.7. The second-order valence-electron chi connectivity index (χ2n) is 6.38. The molecule has 2 aromatic rings. The Morgan fingerprint density at radius 2 is 1.88 bits per heavy atom. The van der Waals surface area contributed by atoms with Crippen LogP contribution in [0, 0.1) is 0 Å². The summed E-state index contributed by atoms with van der Waals surface area (Å²) in [4.78, 5) is 16.7. The summed E-state index contributed by atoms with van der Waals surface area (Å²) in [5.74, 6) is 0.261. The highest BCUT2D eigenvalue weighted by molar-refractivity contribution is 6.32. The molecule has 2 aliphatic rings. The lowest BCUT2D eigenvalue weighted by Crippen LogP contribution is -2.29. The maximum absolute atomic E-state index is 12.4. The third-order valence-electron chi connectivity index (χ3n) is 3.86. The van der Waals surface area contributed by atoms with Crippen LogP contribution in [0.5, 0.6) is 17.2 Å². The fourth-order valence-electron chi connectivity index (χ4n) is 2.71. The van der Waals surface area contributed by atoms with Crippen molar-refractivity contribution < 1.29 is 23.7 Å². The van der Waals surface area contributed by atoms with Crippen molar-refractivity contribution in [3.63, 3.8) is 0 Å². The zero-order valence-electron chi connectivity index (χ0n) is 14.2. The van der Waals surface area contributed by atoms with Gasteiger partial charge >= 0.3 is 5.97 Å². The van der Waals surface area contributed by atoms with E-state index in [2.05, 4.69) is 4.99 Å². The minimum absolute atomic E-state index is 0.123. The van der Waals surface area contributed by atoms with Crippen LogP contribution in [-0.4, -0.2) is 30.3 Å². The van der Waals surface area contributed by atoms with Gasteiger partial charge < -0.3 is 18.9 Å². The van der Waals surface area contributed by atoms with Crippen LogP contribution in [0.2, 0.25) is 5.02 Å². The van der Waals surface area contributed by atoms with Gasteiger partial charge in [0.15, 0.2) is 23.3 Å². The lowest BCUT2D eigenvalue weighted by Gasteiger charge is -2.16. The molecule has 1 unspecified atom stereocenters. The smallest absolute Gasteiger partial charge is 0.340 e. The van der Waals surface area contributed by atoms with Crippen LogP contribution in [0.25, 0.3) is 0 Å². The van der Waals surface area contributed by atoms with Crippen molar-refractivity contribution in [1.82, 2.24) is 0 Å². The molecule has 26 heavy (non-hydrogen) atoms. The van der Waals surface area contributed by atoms with Gasteiger partial charge in [0, 0.05) is 31.5 Å². The summed E-state index contributed by atoms with van der Waals surface area (Å²) < 4.78 is 22.2. The third kappa shape index (κ3) is 3.20. The molecule has 0 saturated carbocycles. The Hall–Kier alpha value is -2.73. The maximum Gasteiger partial charge on any atom is 0.340 e. The van der Waals surface area contributed by atoms with Crippen molar-refractivity contribution in [2.75, 3.05) is 6.61 Å². The van der Waals surface area contributed by atoms with E-state index in [1.807, 2.05) is 30.3 Å². The first-order chi connectivity index (χ1) is 12.4. The molecule has 0 amide bonds. The molecule has 0 aromatic heterocycles. The van der Waals surface area contributed by atoms with Crippen LogP contribution in [0.15, 0.2) is 47.5 Å². The van der Waals surface area contributed by atoms with Gasteiger partial charge in [-0.1, -0.05) is 29.8 Å². The number of aliphatic imine (C=N–C) groups is 1. The van der Waals surface area contributed by atoms with Gasteiger partial charge in [-0.05, 0) is 12.1 Å². The van der Waals surface area contributed by atoms with Crippen molar-refractivity contribution in [2.45, 2.75) is 25.7 Å². The average molecular weight is 374 g/mol. The van der Waals surface area contributed by atoms with Crippen LogP contribution >= 0.6 is 11.6 Å². The fourth-order valence-corrected chi connectivity index (χ4v) is 2.91. The van der Waals surface area contributed by atoms with E-state index in [9.17, 15) is 4.79 Å². The third-order valence-corrected chi connectivity index (χ3v) is 4.16. The average Bonchev–Trinajstić information content (AvgIpc) is 3.19. The Kier molecular flexibility index (Phi) is 4.00. The van der Waals surface area contributed by atoms with Crippen molar-refractivity contribution in [3.8, 4) is 17.2 Å². The second-order valence-corrected chi connectivity index (χ2v) is 6.79. The molecule has 7 heteroatoms. The van der Waals surface area contributed by atoms with Crippen molar-refractivity contribution in [3.05, 3.63) is 53.1 Å². The number of carbonyl (C=O) groups is 1. The molecule has 0 saturated heterocycles. The lowest BCUT2D eigenvalue weighted by atomic mass is 10.2.